The fourth-order valence-electron chi connectivity index (χ4n) is 3.07. The number of fused-ring (bicyclic) bond motifs is 1. The van der Waals surface area contributed by atoms with E-state index >= 15 is 0 Å². The number of pyridine rings is 1. The third-order valence-electron chi connectivity index (χ3n) is 4.48. The van der Waals surface area contributed by atoms with E-state index in [1.807, 2.05) is 17.0 Å². The Hall–Kier alpha value is -1.72. The highest BCUT2D eigenvalue weighted by atomic mass is 32.1. The van der Waals surface area contributed by atoms with Gasteiger partial charge in [0.05, 0.1) is 17.0 Å². The van der Waals surface area contributed by atoms with Crippen molar-refractivity contribution in [3.05, 3.63) is 51.0 Å². The molecule has 2 aliphatic rings. The molecule has 1 aliphatic carbocycles. The smallest absolute Gasteiger partial charge is 0.256 e. The van der Waals surface area contributed by atoms with Crippen molar-refractivity contribution in [2.24, 2.45) is 5.73 Å². The molecule has 114 valence electrons. The predicted molar refractivity (Wildman–Crippen MR) is 86.9 cm³/mol. The van der Waals surface area contributed by atoms with E-state index in [1.165, 1.54) is 10.4 Å². The highest BCUT2D eigenvalue weighted by Gasteiger charge is 2.32. The summed E-state index contributed by atoms with van der Waals surface area (Å²) in [5.74, 6) is 0.571. The molecular weight excluding hydrogens is 294 g/mol. The minimum Gasteiger partial charge on any atom is -0.334 e. The fourth-order valence-corrected chi connectivity index (χ4v) is 3.96. The highest BCUT2D eigenvalue weighted by molar-refractivity contribution is 7.10. The molecule has 0 radical (unpaired) electrons. The van der Waals surface area contributed by atoms with E-state index in [0.717, 1.165) is 49.3 Å². The van der Waals surface area contributed by atoms with Gasteiger partial charge in [0.2, 0.25) is 0 Å². The number of nitrogens with two attached hydrogens (primary N) is 1. The SMILES string of the molecule is NCc1ccc(C(=O)N2CCc3sccc3C2)c(C2CC2)n1. The van der Waals surface area contributed by atoms with Crippen LogP contribution in [0.25, 0.3) is 0 Å². The molecule has 5 heteroatoms. The number of amides is 1. The van der Waals surface area contributed by atoms with Crippen molar-refractivity contribution < 1.29 is 4.79 Å². The molecule has 22 heavy (non-hydrogen) atoms. The summed E-state index contributed by atoms with van der Waals surface area (Å²) in [7, 11) is 0. The average molecular weight is 313 g/mol. The topological polar surface area (TPSA) is 59.2 Å². The Bertz CT molecular complexity index is 720. The first kappa shape index (κ1) is 13.9. The van der Waals surface area contributed by atoms with Gasteiger partial charge >= 0.3 is 0 Å². The molecule has 0 saturated heterocycles. The Morgan fingerprint density at radius 2 is 2.23 bits per heavy atom. The molecule has 0 spiro atoms. The summed E-state index contributed by atoms with van der Waals surface area (Å²) < 4.78 is 0. The summed E-state index contributed by atoms with van der Waals surface area (Å²) in [5, 5.41) is 2.12. The largest absolute Gasteiger partial charge is 0.334 e. The molecule has 1 aliphatic heterocycles. The van der Waals surface area contributed by atoms with Crippen molar-refractivity contribution in [3.8, 4) is 0 Å². The van der Waals surface area contributed by atoms with E-state index in [9.17, 15) is 4.79 Å². The lowest BCUT2D eigenvalue weighted by atomic mass is 10.0. The number of thiophene rings is 1. The number of hydrogen-bond acceptors (Lipinski definition) is 4. The van der Waals surface area contributed by atoms with Crippen LogP contribution in [-0.2, 0) is 19.5 Å². The fraction of sp³-hybridized carbons (Fsp3) is 0.412. The highest BCUT2D eigenvalue weighted by Crippen LogP contribution is 2.41. The van der Waals surface area contributed by atoms with Crippen LogP contribution in [0.3, 0.4) is 0 Å². The number of hydrogen-bond donors (Lipinski definition) is 1. The molecule has 1 amide bonds. The Morgan fingerprint density at radius 1 is 1.36 bits per heavy atom. The van der Waals surface area contributed by atoms with E-state index < -0.39 is 0 Å². The average Bonchev–Trinajstić information content (AvgIpc) is 3.30. The number of aromatic nitrogens is 1. The summed E-state index contributed by atoms with van der Waals surface area (Å²) in [4.78, 5) is 21.0. The van der Waals surface area contributed by atoms with E-state index in [1.54, 1.807) is 11.3 Å². The van der Waals surface area contributed by atoms with Crippen LogP contribution in [0.15, 0.2) is 23.6 Å². The second kappa shape index (κ2) is 5.48. The minimum absolute atomic E-state index is 0.120. The van der Waals surface area contributed by atoms with Gasteiger partial charge in [-0.05, 0) is 48.4 Å². The van der Waals surface area contributed by atoms with Gasteiger partial charge in [-0.15, -0.1) is 11.3 Å². The van der Waals surface area contributed by atoms with Crippen LogP contribution in [0.5, 0.6) is 0 Å². The van der Waals surface area contributed by atoms with Crippen molar-refractivity contribution >= 4 is 17.2 Å². The van der Waals surface area contributed by atoms with Crippen LogP contribution >= 0.6 is 11.3 Å². The van der Waals surface area contributed by atoms with Gasteiger partial charge in [-0.3, -0.25) is 9.78 Å². The Morgan fingerprint density at radius 3 is 3.00 bits per heavy atom. The summed E-state index contributed by atoms with van der Waals surface area (Å²) in [6, 6.07) is 5.95. The maximum atomic E-state index is 12.9. The summed E-state index contributed by atoms with van der Waals surface area (Å²) >= 11 is 1.79. The van der Waals surface area contributed by atoms with Gasteiger partial charge in [0.1, 0.15) is 0 Å². The maximum Gasteiger partial charge on any atom is 0.256 e. The molecule has 0 unspecified atom stereocenters. The minimum atomic E-state index is 0.120. The van der Waals surface area contributed by atoms with Gasteiger partial charge in [-0.1, -0.05) is 0 Å². The molecule has 0 atom stereocenters. The molecule has 4 rings (SSSR count). The third kappa shape index (κ3) is 2.44. The van der Waals surface area contributed by atoms with E-state index in [-0.39, 0.29) is 5.91 Å². The second-order valence-corrected chi connectivity index (χ2v) is 7.06. The van der Waals surface area contributed by atoms with E-state index in [2.05, 4.69) is 16.4 Å². The lowest BCUT2D eigenvalue weighted by Gasteiger charge is -2.27. The van der Waals surface area contributed by atoms with Crippen LogP contribution in [0, 0.1) is 0 Å². The van der Waals surface area contributed by atoms with Crippen LogP contribution in [-0.4, -0.2) is 22.3 Å². The zero-order valence-corrected chi connectivity index (χ0v) is 13.2. The lowest BCUT2D eigenvalue weighted by Crippen LogP contribution is -2.36. The first-order valence-corrected chi connectivity index (χ1v) is 8.68. The Labute approximate surface area is 134 Å². The van der Waals surface area contributed by atoms with E-state index in [4.69, 9.17) is 5.73 Å². The molecule has 2 aromatic heterocycles. The van der Waals surface area contributed by atoms with E-state index in [0.29, 0.717) is 12.5 Å². The van der Waals surface area contributed by atoms with Crippen molar-refractivity contribution in [3.63, 3.8) is 0 Å². The van der Waals surface area contributed by atoms with Crippen LogP contribution in [0.1, 0.15) is 50.9 Å². The van der Waals surface area contributed by atoms with Crippen molar-refractivity contribution in [2.45, 2.75) is 38.3 Å². The molecule has 0 bridgehead atoms. The van der Waals surface area contributed by atoms with Gasteiger partial charge < -0.3 is 10.6 Å². The standard InChI is InChI=1S/C17H19N3OS/c18-9-13-3-4-14(16(19-13)11-1-2-11)17(21)20-7-5-15-12(10-20)6-8-22-15/h3-4,6,8,11H,1-2,5,7,9-10,18H2. The summed E-state index contributed by atoms with van der Waals surface area (Å²) in [6.45, 7) is 1.95. The normalized spacial score (nSPS) is 17.4. The third-order valence-corrected chi connectivity index (χ3v) is 5.50. The molecule has 0 aromatic carbocycles. The van der Waals surface area contributed by atoms with Gasteiger partial charge in [0, 0.05) is 30.4 Å². The zero-order chi connectivity index (χ0) is 15.1. The number of carbonyl (C=O) groups is 1. The van der Waals surface area contributed by atoms with Gasteiger partial charge in [0.25, 0.3) is 5.91 Å². The molecule has 2 aromatic rings. The molecule has 1 fully saturated rings. The lowest BCUT2D eigenvalue weighted by molar-refractivity contribution is 0.0734. The predicted octanol–water partition coefficient (Wildman–Crippen LogP) is 2.68. The van der Waals surface area contributed by atoms with Crippen LogP contribution in [0.2, 0.25) is 0 Å². The van der Waals surface area contributed by atoms with Gasteiger partial charge in [0.15, 0.2) is 0 Å². The zero-order valence-electron chi connectivity index (χ0n) is 12.4. The monoisotopic (exact) mass is 313 g/mol. The maximum absolute atomic E-state index is 12.9. The summed E-state index contributed by atoms with van der Waals surface area (Å²) in [5.41, 5.74) is 9.60. The summed E-state index contributed by atoms with van der Waals surface area (Å²) in [6.07, 6.45) is 3.23. The molecule has 3 heterocycles. The molecule has 1 saturated carbocycles. The first-order valence-electron chi connectivity index (χ1n) is 7.80. The van der Waals surface area contributed by atoms with Crippen LogP contribution < -0.4 is 5.73 Å². The van der Waals surface area contributed by atoms with Crippen LogP contribution in [0.4, 0.5) is 0 Å². The Kier molecular flexibility index (Phi) is 3.47. The molecule has 4 nitrogen and oxygen atoms in total. The van der Waals surface area contributed by atoms with Crippen molar-refractivity contribution in [1.82, 2.24) is 9.88 Å². The Balaban J connectivity index is 1.63. The molecular formula is C17H19N3OS. The number of carbonyl (C=O) groups excluding carboxylic acids is 1. The van der Waals surface area contributed by atoms with Crippen molar-refractivity contribution in [1.29, 1.82) is 0 Å². The first-order chi connectivity index (χ1) is 10.8. The molecule has 2 N–H and O–H groups in total. The van der Waals surface area contributed by atoms with Crippen molar-refractivity contribution in [2.75, 3.05) is 6.54 Å². The number of rotatable bonds is 3. The second-order valence-electron chi connectivity index (χ2n) is 6.06. The number of nitrogens with zero attached hydrogens (tertiary/aromatic N) is 2. The quantitative estimate of drug-likeness (QED) is 0.948. The van der Waals surface area contributed by atoms with Gasteiger partial charge in [-0.2, -0.15) is 0 Å². The van der Waals surface area contributed by atoms with Gasteiger partial charge in [-0.25, -0.2) is 0 Å².